The molecule has 0 bridgehead atoms. The molecule has 0 aromatic heterocycles. The van der Waals surface area contributed by atoms with Gasteiger partial charge in [-0.3, -0.25) is 9.59 Å². The van der Waals surface area contributed by atoms with Crippen LogP contribution < -0.4 is 24.3 Å². The van der Waals surface area contributed by atoms with Gasteiger partial charge in [-0.2, -0.15) is 0 Å². The van der Waals surface area contributed by atoms with Crippen molar-refractivity contribution < 1.29 is 28.5 Å². The number of nitrogens with one attached hydrogen (secondary N) is 1. The van der Waals surface area contributed by atoms with Crippen LogP contribution >= 0.6 is 11.6 Å². The van der Waals surface area contributed by atoms with Crippen molar-refractivity contribution in [3.05, 3.63) is 47.5 Å². The Balaban J connectivity index is 1.70. The zero-order chi connectivity index (χ0) is 24.8. The maximum Gasteiger partial charge on any atom is 0.247 e. The molecule has 2 aromatic rings. The summed E-state index contributed by atoms with van der Waals surface area (Å²) >= 11 is 6.03. The fourth-order valence-corrected chi connectivity index (χ4v) is 4.81. The number of hydrogen-bond donors (Lipinski definition) is 1. The van der Waals surface area contributed by atoms with Crippen molar-refractivity contribution in [3.8, 4) is 23.0 Å². The van der Waals surface area contributed by atoms with Crippen LogP contribution in [0.5, 0.6) is 23.0 Å². The van der Waals surface area contributed by atoms with E-state index in [-0.39, 0.29) is 37.1 Å². The molecule has 0 unspecified atom stereocenters. The van der Waals surface area contributed by atoms with Gasteiger partial charge in [-0.25, -0.2) is 0 Å². The number of rotatable bonds is 9. The molecule has 4 rings (SSSR count). The molecule has 0 radical (unpaired) electrons. The maximum atomic E-state index is 13.7. The number of amides is 2. The molecule has 0 spiro atoms. The minimum atomic E-state index is -0.909. The molecule has 1 aliphatic heterocycles. The predicted molar refractivity (Wildman–Crippen MR) is 131 cm³/mol. The summed E-state index contributed by atoms with van der Waals surface area (Å²) in [5, 5.41) is 3.18. The Hall–Kier alpha value is -3.13. The lowest BCUT2D eigenvalue weighted by molar-refractivity contribution is -0.140. The molecule has 8 nitrogen and oxygen atoms in total. The minimum absolute atomic E-state index is 0.0809. The molecule has 2 aliphatic rings. The van der Waals surface area contributed by atoms with Crippen molar-refractivity contribution in [1.82, 2.24) is 10.2 Å². The molecule has 188 valence electrons. The number of halogens is 1. The SMILES string of the molecule is COc1ccc([C@H](C(=O)NC2CCCCC2)N(Cc2ccc3c(c2)OCO3)C(=O)CCl)cc1OC. The second-order valence-electron chi connectivity index (χ2n) is 8.70. The highest BCUT2D eigenvalue weighted by Crippen LogP contribution is 2.36. The van der Waals surface area contributed by atoms with Crippen molar-refractivity contribution in [2.24, 2.45) is 0 Å². The summed E-state index contributed by atoms with van der Waals surface area (Å²) in [6.07, 6.45) is 5.18. The molecule has 35 heavy (non-hydrogen) atoms. The fraction of sp³-hybridized carbons (Fsp3) is 0.462. The molecule has 1 aliphatic carbocycles. The van der Waals surface area contributed by atoms with Crippen LogP contribution in [0.4, 0.5) is 0 Å². The van der Waals surface area contributed by atoms with Crippen LogP contribution in [-0.2, 0) is 16.1 Å². The van der Waals surface area contributed by atoms with Crippen LogP contribution in [-0.4, -0.2) is 49.6 Å². The fourth-order valence-electron chi connectivity index (χ4n) is 4.66. The van der Waals surface area contributed by atoms with Gasteiger partial charge in [-0.1, -0.05) is 31.4 Å². The van der Waals surface area contributed by atoms with Crippen molar-refractivity contribution in [2.45, 2.75) is 50.7 Å². The number of alkyl halides is 1. The summed E-state index contributed by atoms with van der Waals surface area (Å²) in [4.78, 5) is 28.4. The first-order valence-electron chi connectivity index (χ1n) is 11.8. The Kier molecular flexibility index (Phi) is 8.23. The summed E-state index contributed by atoms with van der Waals surface area (Å²) in [5.74, 6) is 1.40. The quantitative estimate of drug-likeness (QED) is 0.517. The van der Waals surface area contributed by atoms with E-state index in [2.05, 4.69) is 5.32 Å². The molecule has 1 N–H and O–H groups in total. The van der Waals surface area contributed by atoms with Gasteiger partial charge in [0.25, 0.3) is 0 Å². The van der Waals surface area contributed by atoms with E-state index in [1.165, 1.54) is 18.4 Å². The summed E-state index contributed by atoms with van der Waals surface area (Å²) in [7, 11) is 3.08. The number of fused-ring (bicyclic) bond motifs is 1. The van der Waals surface area contributed by atoms with E-state index in [1.807, 2.05) is 12.1 Å². The van der Waals surface area contributed by atoms with Gasteiger partial charge >= 0.3 is 0 Å². The third-order valence-corrected chi connectivity index (χ3v) is 6.69. The van der Waals surface area contributed by atoms with E-state index in [9.17, 15) is 9.59 Å². The van der Waals surface area contributed by atoms with Crippen molar-refractivity contribution in [1.29, 1.82) is 0 Å². The van der Waals surface area contributed by atoms with Gasteiger partial charge in [-0.05, 0) is 48.2 Å². The van der Waals surface area contributed by atoms with E-state index in [0.717, 1.165) is 31.2 Å². The lowest BCUT2D eigenvalue weighted by atomic mass is 9.94. The van der Waals surface area contributed by atoms with Gasteiger partial charge in [0.15, 0.2) is 23.0 Å². The van der Waals surface area contributed by atoms with Gasteiger partial charge in [-0.15, -0.1) is 11.6 Å². The zero-order valence-corrected chi connectivity index (χ0v) is 20.8. The van der Waals surface area contributed by atoms with Gasteiger partial charge in [0.05, 0.1) is 14.2 Å². The Labute approximate surface area is 210 Å². The van der Waals surface area contributed by atoms with E-state index in [4.69, 9.17) is 30.5 Å². The summed E-state index contributed by atoms with van der Waals surface area (Å²) in [5.41, 5.74) is 1.40. The van der Waals surface area contributed by atoms with Crippen LogP contribution in [0.2, 0.25) is 0 Å². The standard InChI is InChI=1S/C26H31ClN2O6/c1-32-20-11-9-18(13-22(20)33-2)25(26(31)28-19-6-4-3-5-7-19)29(24(30)14-27)15-17-8-10-21-23(12-17)35-16-34-21/h8-13,19,25H,3-7,14-16H2,1-2H3,(H,28,31)/t25-/m1/s1. The molecule has 2 amide bonds. The largest absolute Gasteiger partial charge is 0.493 e. The molecule has 0 saturated heterocycles. The number of nitrogens with zero attached hydrogens (tertiary/aromatic N) is 1. The van der Waals surface area contributed by atoms with Gasteiger partial charge in [0, 0.05) is 12.6 Å². The van der Waals surface area contributed by atoms with Crippen molar-refractivity contribution >= 4 is 23.4 Å². The van der Waals surface area contributed by atoms with E-state index < -0.39 is 6.04 Å². The lowest BCUT2D eigenvalue weighted by Gasteiger charge is -2.33. The highest BCUT2D eigenvalue weighted by molar-refractivity contribution is 6.27. The summed E-state index contributed by atoms with van der Waals surface area (Å²) in [6.45, 7) is 0.320. The average molecular weight is 503 g/mol. The number of carbonyl (C=O) groups excluding carboxylic acids is 2. The van der Waals surface area contributed by atoms with E-state index >= 15 is 0 Å². The smallest absolute Gasteiger partial charge is 0.247 e. The van der Waals surface area contributed by atoms with Gasteiger partial charge in [0.2, 0.25) is 18.6 Å². The third kappa shape index (κ3) is 5.75. The second kappa shape index (κ2) is 11.5. The predicted octanol–water partition coefficient (Wildman–Crippen LogP) is 4.19. The van der Waals surface area contributed by atoms with Crippen LogP contribution in [0.3, 0.4) is 0 Å². The van der Waals surface area contributed by atoms with E-state index in [1.54, 1.807) is 31.4 Å². The average Bonchev–Trinajstić information content (AvgIpc) is 3.36. The normalized spacial score (nSPS) is 15.9. The molecular weight excluding hydrogens is 472 g/mol. The monoisotopic (exact) mass is 502 g/mol. The Morgan fingerprint density at radius 3 is 2.49 bits per heavy atom. The lowest BCUT2D eigenvalue weighted by Crippen LogP contribution is -2.47. The Morgan fingerprint density at radius 1 is 1.03 bits per heavy atom. The molecule has 2 aromatic carbocycles. The number of ether oxygens (including phenoxy) is 4. The zero-order valence-electron chi connectivity index (χ0n) is 20.1. The van der Waals surface area contributed by atoms with Crippen LogP contribution in [0.15, 0.2) is 36.4 Å². The number of carbonyl (C=O) groups is 2. The Bertz CT molecular complexity index is 1060. The molecule has 1 heterocycles. The number of benzene rings is 2. The highest BCUT2D eigenvalue weighted by atomic mass is 35.5. The van der Waals surface area contributed by atoms with Gasteiger partial charge < -0.3 is 29.2 Å². The van der Waals surface area contributed by atoms with Crippen LogP contribution in [0, 0.1) is 0 Å². The molecule has 1 saturated carbocycles. The minimum Gasteiger partial charge on any atom is -0.493 e. The van der Waals surface area contributed by atoms with Crippen molar-refractivity contribution in [2.75, 3.05) is 26.9 Å². The molecular formula is C26H31ClN2O6. The van der Waals surface area contributed by atoms with Gasteiger partial charge in [0.1, 0.15) is 11.9 Å². The van der Waals surface area contributed by atoms with Crippen molar-refractivity contribution in [3.63, 3.8) is 0 Å². The maximum absolute atomic E-state index is 13.7. The first-order chi connectivity index (χ1) is 17.0. The first-order valence-corrected chi connectivity index (χ1v) is 12.3. The van der Waals surface area contributed by atoms with Crippen LogP contribution in [0.1, 0.15) is 49.3 Å². The van der Waals surface area contributed by atoms with Crippen LogP contribution in [0.25, 0.3) is 0 Å². The molecule has 1 fully saturated rings. The molecule has 9 heteroatoms. The number of hydrogen-bond acceptors (Lipinski definition) is 6. The molecule has 1 atom stereocenters. The first kappa shape index (κ1) is 25.0. The number of methoxy groups -OCH3 is 2. The topological polar surface area (TPSA) is 86.3 Å². The Morgan fingerprint density at radius 2 is 1.77 bits per heavy atom. The second-order valence-corrected chi connectivity index (χ2v) is 8.97. The summed E-state index contributed by atoms with van der Waals surface area (Å²) < 4.78 is 21.7. The summed E-state index contributed by atoms with van der Waals surface area (Å²) in [6, 6.07) is 9.89. The highest BCUT2D eigenvalue weighted by Gasteiger charge is 2.33. The third-order valence-electron chi connectivity index (χ3n) is 6.46. The van der Waals surface area contributed by atoms with E-state index in [0.29, 0.717) is 28.6 Å².